The number of nitrogen functional groups attached to an aromatic ring is 1. The zero-order valence-corrected chi connectivity index (χ0v) is 14.5. The van der Waals surface area contributed by atoms with Crippen molar-refractivity contribution in [3.05, 3.63) is 28.6 Å². The van der Waals surface area contributed by atoms with Crippen LogP contribution in [0.25, 0.3) is 10.9 Å². The number of nitrogens with zero attached hydrogens (tertiary/aromatic N) is 5. The molecule has 7 nitrogen and oxygen atoms in total. The molecule has 3 heterocycles. The van der Waals surface area contributed by atoms with Gasteiger partial charge in [0.1, 0.15) is 9.52 Å². The Bertz CT molecular complexity index is 823. The summed E-state index contributed by atoms with van der Waals surface area (Å²) in [6, 6.07) is 3.91. The molecular weight excluding hydrogens is 407 g/mol. The summed E-state index contributed by atoms with van der Waals surface area (Å²) in [6.07, 6.45) is 3.93. The molecule has 23 heavy (non-hydrogen) atoms. The number of hydrogen-bond donors (Lipinski definition) is 1. The van der Waals surface area contributed by atoms with E-state index in [0.717, 1.165) is 14.6 Å². The first-order valence-corrected chi connectivity index (χ1v) is 8.22. The molecule has 1 unspecified atom stereocenters. The summed E-state index contributed by atoms with van der Waals surface area (Å²) >= 11 is 2.14. The van der Waals surface area contributed by atoms with Gasteiger partial charge in [0.2, 0.25) is 5.91 Å². The topological polar surface area (TPSA) is 101 Å². The largest absolute Gasteiger partial charge is 0.383 e. The van der Waals surface area contributed by atoms with Crippen molar-refractivity contribution in [1.82, 2.24) is 19.7 Å². The van der Waals surface area contributed by atoms with Crippen LogP contribution in [0, 0.1) is 15.0 Å². The van der Waals surface area contributed by atoms with Crippen LogP contribution >= 0.6 is 22.6 Å². The molecule has 2 N–H and O–H groups in total. The Morgan fingerprint density at radius 2 is 2.43 bits per heavy atom. The van der Waals surface area contributed by atoms with E-state index in [1.807, 2.05) is 10.7 Å². The van der Waals surface area contributed by atoms with Crippen LogP contribution in [0.4, 0.5) is 5.82 Å². The minimum Gasteiger partial charge on any atom is -0.383 e. The van der Waals surface area contributed by atoms with Gasteiger partial charge in [-0.2, -0.15) is 10.4 Å². The molecule has 1 aliphatic rings. The Morgan fingerprint density at radius 1 is 1.65 bits per heavy atom. The fraction of sp³-hybridized carbons (Fsp3) is 0.333. The van der Waals surface area contributed by atoms with Crippen molar-refractivity contribution in [2.75, 3.05) is 12.3 Å². The molecule has 0 saturated carbocycles. The van der Waals surface area contributed by atoms with Crippen LogP contribution in [-0.2, 0) is 4.79 Å². The molecule has 0 bridgehead atoms. The number of halogens is 1. The number of nitrogens with two attached hydrogens (primary N) is 1. The number of hydrogen-bond acceptors (Lipinski definition) is 5. The fourth-order valence-corrected chi connectivity index (χ4v) is 3.89. The molecule has 2 aromatic rings. The summed E-state index contributed by atoms with van der Waals surface area (Å²) in [6.45, 7) is 4.05. The molecule has 2 aromatic heterocycles. The van der Waals surface area contributed by atoms with Crippen molar-refractivity contribution < 1.29 is 4.79 Å². The number of carbonyl (C=O) groups is 1. The van der Waals surface area contributed by atoms with Gasteiger partial charge < -0.3 is 10.6 Å². The smallest absolute Gasteiger partial charge is 0.246 e. The van der Waals surface area contributed by atoms with Crippen molar-refractivity contribution in [2.24, 2.45) is 0 Å². The van der Waals surface area contributed by atoms with Gasteiger partial charge in [-0.3, -0.25) is 9.48 Å². The number of fused-ring (bicyclic) bond motifs is 1. The normalized spacial score (nSPS) is 20.6. The average Bonchev–Trinajstić information content (AvgIpc) is 3.09. The molecule has 0 aliphatic carbocycles. The van der Waals surface area contributed by atoms with Gasteiger partial charge >= 0.3 is 0 Å². The zero-order valence-electron chi connectivity index (χ0n) is 12.3. The quantitative estimate of drug-likeness (QED) is 0.601. The molecule has 3 rings (SSSR count). The molecule has 1 saturated heterocycles. The molecule has 0 aromatic carbocycles. The van der Waals surface area contributed by atoms with E-state index in [2.05, 4.69) is 45.3 Å². The highest BCUT2D eigenvalue weighted by molar-refractivity contribution is 14.1. The first kappa shape index (κ1) is 15.7. The van der Waals surface area contributed by atoms with Gasteiger partial charge in [0.25, 0.3) is 0 Å². The van der Waals surface area contributed by atoms with Gasteiger partial charge in [0.05, 0.1) is 29.4 Å². The highest BCUT2D eigenvalue weighted by Crippen LogP contribution is 2.33. The maximum atomic E-state index is 12.0. The Morgan fingerprint density at radius 3 is 3.13 bits per heavy atom. The van der Waals surface area contributed by atoms with Crippen LogP contribution in [0.2, 0.25) is 0 Å². The monoisotopic (exact) mass is 422 g/mol. The second-order valence-electron chi connectivity index (χ2n) is 5.43. The van der Waals surface area contributed by atoms with E-state index in [1.54, 1.807) is 11.1 Å². The SMILES string of the molecule is C=CC(=O)N1CC(n2nc(I)c3c(N)nccc32)C[C@@H]1CC#N. The van der Waals surface area contributed by atoms with Gasteiger partial charge in [-0.25, -0.2) is 4.98 Å². The number of likely N-dealkylation sites (tertiary alicyclic amines) is 1. The van der Waals surface area contributed by atoms with Gasteiger partial charge in [-0.1, -0.05) is 6.58 Å². The number of amides is 1. The predicted octanol–water partition coefficient (Wildman–Crippen LogP) is 1.86. The van der Waals surface area contributed by atoms with Crippen molar-refractivity contribution >= 4 is 45.2 Å². The molecule has 0 spiro atoms. The average molecular weight is 422 g/mol. The summed E-state index contributed by atoms with van der Waals surface area (Å²) < 4.78 is 2.68. The standard InChI is InChI=1S/C15H15IN6O/c1-2-12(23)21-8-10(7-9(21)3-5-17)22-11-4-6-19-15(18)13(11)14(16)20-22/h2,4,6,9-10H,1,3,7-8H2,(H2,18,19)/t9-,10?/m0/s1. The second kappa shape index (κ2) is 6.16. The van der Waals surface area contributed by atoms with Gasteiger partial charge in [-0.15, -0.1) is 0 Å². The second-order valence-corrected chi connectivity index (χ2v) is 6.45. The fourth-order valence-electron chi connectivity index (χ4n) is 3.10. The molecule has 118 valence electrons. The molecule has 2 atom stereocenters. The highest BCUT2D eigenvalue weighted by Gasteiger charge is 2.36. The van der Waals surface area contributed by atoms with Gasteiger partial charge in [0, 0.05) is 18.8 Å². The summed E-state index contributed by atoms with van der Waals surface area (Å²) in [7, 11) is 0. The first-order valence-electron chi connectivity index (χ1n) is 7.15. The first-order chi connectivity index (χ1) is 11.1. The van der Waals surface area contributed by atoms with Gasteiger partial charge in [-0.05, 0) is 41.2 Å². The molecule has 8 heteroatoms. The van der Waals surface area contributed by atoms with E-state index in [1.165, 1.54) is 6.08 Å². The maximum absolute atomic E-state index is 12.0. The molecule has 1 amide bonds. The third-order valence-corrected chi connectivity index (χ3v) is 4.88. The summed E-state index contributed by atoms with van der Waals surface area (Å²) in [4.78, 5) is 17.8. The minimum absolute atomic E-state index is 0.00469. The number of aromatic nitrogens is 3. The Kier molecular flexibility index (Phi) is 4.21. The number of pyridine rings is 1. The Balaban J connectivity index is 2.00. The third-order valence-electron chi connectivity index (χ3n) is 4.13. The van der Waals surface area contributed by atoms with Crippen LogP contribution in [0.5, 0.6) is 0 Å². The van der Waals surface area contributed by atoms with Crippen LogP contribution in [0.15, 0.2) is 24.9 Å². The van der Waals surface area contributed by atoms with E-state index in [-0.39, 0.29) is 18.0 Å². The Hall–Kier alpha value is -2.15. The lowest BCUT2D eigenvalue weighted by molar-refractivity contribution is -0.126. The molecule has 1 aliphatic heterocycles. The van der Waals surface area contributed by atoms with E-state index in [4.69, 9.17) is 11.0 Å². The minimum atomic E-state index is -0.153. The van der Waals surface area contributed by atoms with E-state index >= 15 is 0 Å². The molecule has 0 radical (unpaired) electrons. The van der Waals surface area contributed by atoms with Crippen LogP contribution in [0.3, 0.4) is 0 Å². The lowest BCUT2D eigenvalue weighted by atomic mass is 10.1. The summed E-state index contributed by atoms with van der Waals surface area (Å²) in [5, 5.41) is 14.4. The summed E-state index contributed by atoms with van der Waals surface area (Å²) in [5.74, 6) is 0.295. The number of carbonyl (C=O) groups excluding carboxylic acids is 1. The molecule has 1 fully saturated rings. The predicted molar refractivity (Wildman–Crippen MR) is 94.2 cm³/mol. The summed E-state index contributed by atoms with van der Waals surface area (Å²) in [5.41, 5.74) is 6.85. The highest BCUT2D eigenvalue weighted by atomic mass is 127. The lowest BCUT2D eigenvalue weighted by Crippen LogP contribution is -2.34. The van der Waals surface area contributed by atoms with Crippen molar-refractivity contribution in [1.29, 1.82) is 5.26 Å². The van der Waals surface area contributed by atoms with E-state index < -0.39 is 0 Å². The van der Waals surface area contributed by atoms with Gasteiger partial charge in [0.15, 0.2) is 0 Å². The Labute approximate surface area is 146 Å². The maximum Gasteiger partial charge on any atom is 0.246 e. The zero-order chi connectivity index (χ0) is 16.6. The van der Waals surface area contributed by atoms with Crippen LogP contribution in [-0.4, -0.2) is 38.2 Å². The van der Waals surface area contributed by atoms with Crippen molar-refractivity contribution in [3.63, 3.8) is 0 Å². The number of nitriles is 1. The number of rotatable bonds is 3. The van der Waals surface area contributed by atoms with Crippen LogP contribution in [0.1, 0.15) is 18.9 Å². The van der Waals surface area contributed by atoms with Crippen molar-refractivity contribution in [2.45, 2.75) is 24.9 Å². The van der Waals surface area contributed by atoms with E-state index in [0.29, 0.717) is 25.2 Å². The third kappa shape index (κ3) is 2.65. The van der Waals surface area contributed by atoms with E-state index in [9.17, 15) is 4.79 Å². The lowest BCUT2D eigenvalue weighted by Gasteiger charge is -2.20. The van der Waals surface area contributed by atoms with Crippen molar-refractivity contribution in [3.8, 4) is 6.07 Å². The van der Waals surface area contributed by atoms with Crippen LogP contribution < -0.4 is 5.73 Å². The molecular formula is C15H15IN6O. The number of anilines is 1.